The van der Waals surface area contributed by atoms with Crippen molar-refractivity contribution in [2.24, 2.45) is 5.73 Å². The van der Waals surface area contributed by atoms with E-state index in [2.05, 4.69) is 5.10 Å². The van der Waals surface area contributed by atoms with Crippen molar-refractivity contribution in [2.45, 2.75) is 12.1 Å². The molecule has 0 unspecified atom stereocenters. The maximum atomic E-state index is 13.6. The average Bonchev–Trinajstić information content (AvgIpc) is 3.09. The molecule has 3 rings (SSSR count). The van der Waals surface area contributed by atoms with Gasteiger partial charge in [-0.15, -0.1) is 5.10 Å². The predicted molar refractivity (Wildman–Crippen MR) is 89.0 cm³/mol. The van der Waals surface area contributed by atoms with Crippen LogP contribution in [0.5, 0.6) is 23.1 Å². The molecule has 0 radical (unpaired) electrons. The third-order valence-electron chi connectivity index (χ3n) is 4.26. The number of ether oxygens (including phenoxy) is 4. The second kappa shape index (κ2) is 6.88. The molecule has 1 atom stereocenters. The number of fused-ring (bicyclic) bond motifs is 1. The number of allylic oxidation sites excluding steroid dienone is 1. The molecule has 0 spiro atoms. The van der Waals surface area contributed by atoms with Crippen LogP contribution in [0.25, 0.3) is 0 Å². The van der Waals surface area contributed by atoms with E-state index in [0.29, 0.717) is 5.75 Å². The number of halogens is 3. The van der Waals surface area contributed by atoms with Crippen LogP contribution in [-0.2, 0) is 6.18 Å². The standard InChI is InChI=1S/C17H15F3N4O4/c1-25-7-4-9(26-2)12(10(5-7)27-3)11-8(6-21)15(22)28-16-13(11)14(23-24-16)17(18,19)20/h4-5,11H,22H2,1-3H3,(H,23,24)/t11-/m1/s1. The second-order valence-corrected chi connectivity index (χ2v) is 5.69. The summed E-state index contributed by atoms with van der Waals surface area (Å²) in [4.78, 5) is 0. The van der Waals surface area contributed by atoms with Crippen LogP contribution in [0.1, 0.15) is 22.7 Å². The number of nitrogens with one attached hydrogen (secondary N) is 1. The number of benzene rings is 1. The second-order valence-electron chi connectivity index (χ2n) is 5.69. The van der Waals surface area contributed by atoms with Crippen LogP contribution in [0.15, 0.2) is 23.6 Å². The smallest absolute Gasteiger partial charge is 0.433 e. The quantitative estimate of drug-likeness (QED) is 0.816. The molecule has 0 amide bonds. The van der Waals surface area contributed by atoms with Gasteiger partial charge in [0.25, 0.3) is 0 Å². The summed E-state index contributed by atoms with van der Waals surface area (Å²) in [5.74, 6) is -1.40. The van der Waals surface area contributed by atoms with Crippen molar-refractivity contribution in [3.8, 4) is 29.2 Å². The number of hydrogen-bond donors (Lipinski definition) is 2. The van der Waals surface area contributed by atoms with E-state index in [-0.39, 0.29) is 40.0 Å². The van der Waals surface area contributed by atoms with Crippen molar-refractivity contribution < 1.29 is 32.1 Å². The van der Waals surface area contributed by atoms with Gasteiger partial charge in [-0.3, -0.25) is 5.10 Å². The highest BCUT2D eigenvalue weighted by Gasteiger charge is 2.46. The van der Waals surface area contributed by atoms with Gasteiger partial charge in [0.2, 0.25) is 11.8 Å². The molecule has 2 aromatic rings. The summed E-state index contributed by atoms with van der Waals surface area (Å²) in [5, 5.41) is 15.1. The molecule has 0 saturated carbocycles. The first kappa shape index (κ1) is 19.2. The molecule has 0 bridgehead atoms. The molecule has 28 heavy (non-hydrogen) atoms. The summed E-state index contributed by atoms with van der Waals surface area (Å²) < 4.78 is 61.7. The topological polar surface area (TPSA) is 115 Å². The number of aromatic nitrogens is 2. The van der Waals surface area contributed by atoms with Crippen LogP contribution in [0, 0.1) is 11.3 Å². The molecule has 148 valence electrons. The van der Waals surface area contributed by atoms with E-state index in [1.807, 2.05) is 11.2 Å². The Kier molecular flexibility index (Phi) is 4.72. The summed E-state index contributed by atoms with van der Waals surface area (Å²) >= 11 is 0. The van der Waals surface area contributed by atoms with Crippen molar-refractivity contribution >= 4 is 0 Å². The number of nitriles is 1. The van der Waals surface area contributed by atoms with E-state index in [1.54, 1.807) is 0 Å². The van der Waals surface area contributed by atoms with Crippen molar-refractivity contribution in [3.05, 3.63) is 40.4 Å². The summed E-state index contributed by atoms with van der Waals surface area (Å²) in [7, 11) is 4.07. The van der Waals surface area contributed by atoms with Crippen LogP contribution in [0.3, 0.4) is 0 Å². The highest BCUT2D eigenvalue weighted by atomic mass is 19.4. The SMILES string of the molecule is COc1cc(OC)c([C@H]2C(C#N)=C(N)Oc3n[nH]c(C(F)(F)F)c32)c(OC)c1. The normalized spacial score (nSPS) is 16.1. The fraction of sp³-hybridized carbons (Fsp3) is 0.294. The lowest BCUT2D eigenvalue weighted by molar-refractivity contribution is -0.141. The van der Waals surface area contributed by atoms with Gasteiger partial charge in [-0.2, -0.15) is 18.4 Å². The maximum absolute atomic E-state index is 13.6. The first-order valence-electron chi connectivity index (χ1n) is 7.79. The fourth-order valence-corrected chi connectivity index (χ4v) is 3.07. The minimum absolute atomic E-state index is 0.143. The first-order chi connectivity index (χ1) is 13.3. The predicted octanol–water partition coefficient (Wildman–Crippen LogP) is 2.67. The maximum Gasteiger partial charge on any atom is 0.433 e. The van der Waals surface area contributed by atoms with Crippen molar-refractivity contribution in [1.29, 1.82) is 5.26 Å². The first-order valence-corrected chi connectivity index (χ1v) is 7.79. The number of H-pyrrole nitrogens is 1. The Hall–Kier alpha value is -3.55. The molecule has 1 aromatic heterocycles. The van der Waals surface area contributed by atoms with E-state index in [9.17, 15) is 18.4 Å². The van der Waals surface area contributed by atoms with Gasteiger partial charge < -0.3 is 24.7 Å². The molecule has 3 N–H and O–H groups in total. The zero-order chi connectivity index (χ0) is 20.6. The molecular formula is C17H15F3N4O4. The minimum atomic E-state index is -4.78. The number of rotatable bonds is 4. The highest BCUT2D eigenvalue weighted by Crippen LogP contribution is 2.52. The van der Waals surface area contributed by atoms with Crippen molar-refractivity contribution in [1.82, 2.24) is 10.2 Å². The third-order valence-corrected chi connectivity index (χ3v) is 4.26. The molecular weight excluding hydrogens is 381 g/mol. The Morgan fingerprint density at radius 3 is 2.21 bits per heavy atom. The lowest BCUT2D eigenvalue weighted by atomic mass is 9.82. The molecule has 0 saturated heterocycles. The van der Waals surface area contributed by atoms with Gasteiger partial charge >= 0.3 is 6.18 Å². The monoisotopic (exact) mass is 396 g/mol. The average molecular weight is 396 g/mol. The number of nitrogens with zero attached hydrogens (tertiary/aromatic N) is 2. The van der Waals surface area contributed by atoms with Crippen LogP contribution in [0.4, 0.5) is 13.2 Å². The van der Waals surface area contributed by atoms with E-state index in [1.165, 1.54) is 33.5 Å². The van der Waals surface area contributed by atoms with Crippen molar-refractivity contribution in [2.75, 3.05) is 21.3 Å². The summed E-state index contributed by atoms with van der Waals surface area (Å²) in [5.41, 5.74) is 4.15. The number of alkyl halides is 3. The largest absolute Gasteiger partial charge is 0.496 e. The van der Waals surface area contributed by atoms with Gasteiger partial charge in [0.05, 0.1) is 32.8 Å². The number of nitrogens with two attached hydrogens (primary N) is 1. The number of hydrogen-bond acceptors (Lipinski definition) is 7. The van der Waals surface area contributed by atoms with Gasteiger partial charge in [-0.1, -0.05) is 0 Å². The molecule has 1 aliphatic rings. The van der Waals surface area contributed by atoms with Crippen LogP contribution >= 0.6 is 0 Å². The van der Waals surface area contributed by atoms with E-state index in [0.717, 1.165) is 0 Å². The molecule has 1 aromatic carbocycles. The van der Waals surface area contributed by atoms with Crippen LogP contribution in [0.2, 0.25) is 0 Å². The molecule has 0 aliphatic carbocycles. The van der Waals surface area contributed by atoms with Crippen molar-refractivity contribution in [3.63, 3.8) is 0 Å². The summed E-state index contributed by atoms with van der Waals surface area (Å²) in [6.07, 6.45) is -4.78. The molecule has 8 nitrogen and oxygen atoms in total. The lowest BCUT2D eigenvalue weighted by Crippen LogP contribution is -2.23. The zero-order valence-electron chi connectivity index (χ0n) is 15.0. The fourth-order valence-electron chi connectivity index (χ4n) is 3.07. The van der Waals surface area contributed by atoms with Gasteiger partial charge in [-0.05, 0) is 0 Å². The Balaban J connectivity index is 2.39. The van der Waals surface area contributed by atoms with Gasteiger partial charge in [0.15, 0.2) is 0 Å². The van der Waals surface area contributed by atoms with Gasteiger partial charge in [0.1, 0.15) is 34.6 Å². The van der Waals surface area contributed by atoms with E-state index < -0.39 is 17.8 Å². The Bertz CT molecular complexity index is 966. The van der Waals surface area contributed by atoms with Gasteiger partial charge in [0, 0.05) is 17.7 Å². The van der Waals surface area contributed by atoms with Gasteiger partial charge in [-0.25, -0.2) is 0 Å². The van der Waals surface area contributed by atoms with Crippen LogP contribution in [-0.4, -0.2) is 31.5 Å². The molecule has 0 fully saturated rings. The Labute approximate surface area is 157 Å². The summed E-state index contributed by atoms with van der Waals surface area (Å²) in [6.45, 7) is 0. The summed E-state index contributed by atoms with van der Waals surface area (Å²) in [6, 6.07) is 4.75. The number of methoxy groups -OCH3 is 3. The van der Waals surface area contributed by atoms with E-state index >= 15 is 0 Å². The number of aromatic amines is 1. The van der Waals surface area contributed by atoms with Crippen LogP contribution < -0.4 is 24.7 Å². The minimum Gasteiger partial charge on any atom is -0.496 e. The van der Waals surface area contributed by atoms with E-state index in [4.69, 9.17) is 24.7 Å². The molecule has 1 aliphatic heterocycles. The molecule has 11 heteroatoms. The highest BCUT2D eigenvalue weighted by molar-refractivity contribution is 5.63. The third kappa shape index (κ3) is 2.92. The zero-order valence-corrected chi connectivity index (χ0v) is 15.0. The molecule has 2 heterocycles. The Morgan fingerprint density at radius 1 is 1.14 bits per heavy atom. The Morgan fingerprint density at radius 2 is 1.75 bits per heavy atom. The lowest BCUT2D eigenvalue weighted by Gasteiger charge is -2.27.